The molecule has 0 spiro atoms. The van der Waals surface area contributed by atoms with Gasteiger partial charge in [-0.15, -0.1) is 0 Å². The summed E-state index contributed by atoms with van der Waals surface area (Å²) in [4.78, 5) is 43.4. The van der Waals surface area contributed by atoms with Crippen molar-refractivity contribution in [2.75, 3.05) is 13.2 Å². The van der Waals surface area contributed by atoms with Gasteiger partial charge in [-0.1, -0.05) is 54.7 Å². The molecule has 174 valence electrons. The van der Waals surface area contributed by atoms with Crippen molar-refractivity contribution in [2.45, 2.75) is 38.5 Å². The zero-order valence-electron chi connectivity index (χ0n) is 18.2. The summed E-state index contributed by atoms with van der Waals surface area (Å²) in [6, 6.07) is 12.3. The van der Waals surface area contributed by atoms with Crippen molar-refractivity contribution < 1.29 is 14.3 Å². The molecule has 3 rings (SSSR count). The highest BCUT2D eigenvalue weighted by molar-refractivity contribution is 6.35. The third-order valence-corrected chi connectivity index (χ3v) is 5.74. The zero-order valence-corrected chi connectivity index (χ0v) is 19.7. The zero-order chi connectivity index (χ0) is 23.8. The van der Waals surface area contributed by atoms with Gasteiger partial charge in [-0.05, 0) is 36.2 Å². The number of rotatable bonds is 10. The highest BCUT2D eigenvalue weighted by Gasteiger charge is 2.16. The Bertz CT molecular complexity index is 1200. The lowest BCUT2D eigenvalue weighted by Crippen LogP contribution is -2.32. The van der Waals surface area contributed by atoms with Gasteiger partial charge < -0.3 is 15.0 Å². The van der Waals surface area contributed by atoms with E-state index in [1.54, 1.807) is 36.4 Å². The van der Waals surface area contributed by atoms with Gasteiger partial charge in [-0.2, -0.15) is 0 Å². The number of amides is 1. The molecule has 2 aromatic carbocycles. The Morgan fingerprint density at radius 1 is 1.18 bits per heavy atom. The lowest BCUT2D eigenvalue weighted by molar-refractivity contribution is -0.148. The number of para-hydroxylation sites is 1. The van der Waals surface area contributed by atoms with Crippen LogP contribution in [-0.2, 0) is 20.7 Å². The van der Waals surface area contributed by atoms with E-state index < -0.39 is 11.9 Å². The van der Waals surface area contributed by atoms with Crippen LogP contribution in [0.15, 0.2) is 47.3 Å². The average molecular weight is 490 g/mol. The van der Waals surface area contributed by atoms with Crippen LogP contribution in [0.1, 0.15) is 43.5 Å². The standard InChI is InChI=1S/C24H25Cl2N3O4/c1-2-5-15(17-9-8-16(25)12-19(17)26)13-27-22(30)14-33-23(31)11-10-21-28-20-7-4-3-6-18(20)24(32)29-21/h3-4,6-9,12,15H,2,5,10-11,13-14H2,1H3,(H,27,30)(H,28,29,32). The molecule has 0 saturated carbocycles. The van der Waals surface area contributed by atoms with E-state index in [2.05, 4.69) is 22.2 Å². The van der Waals surface area contributed by atoms with Crippen LogP contribution in [0, 0.1) is 0 Å². The van der Waals surface area contributed by atoms with Crippen molar-refractivity contribution in [3.63, 3.8) is 0 Å². The Morgan fingerprint density at radius 2 is 1.97 bits per heavy atom. The molecule has 0 aliphatic heterocycles. The number of aromatic amines is 1. The molecule has 33 heavy (non-hydrogen) atoms. The Balaban J connectivity index is 1.47. The molecular weight excluding hydrogens is 465 g/mol. The molecule has 1 atom stereocenters. The molecule has 0 bridgehead atoms. The first-order valence-electron chi connectivity index (χ1n) is 10.7. The maximum Gasteiger partial charge on any atom is 0.306 e. The number of nitrogens with one attached hydrogen (secondary N) is 2. The van der Waals surface area contributed by atoms with Gasteiger partial charge in [-0.25, -0.2) is 4.98 Å². The topological polar surface area (TPSA) is 101 Å². The summed E-state index contributed by atoms with van der Waals surface area (Å²) in [7, 11) is 0. The maximum absolute atomic E-state index is 12.2. The average Bonchev–Trinajstić information content (AvgIpc) is 2.79. The van der Waals surface area contributed by atoms with Crippen LogP contribution in [0.25, 0.3) is 10.9 Å². The van der Waals surface area contributed by atoms with Crippen LogP contribution in [-0.4, -0.2) is 35.0 Å². The van der Waals surface area contributed by atoms with E-state index in [1.807, 2.05) is 6.07 Å². The van der Waals surface area contributed by atoms with E-state index in [1.165, 1.54) is 0 Å². The third kappa shape index (κ3) is 7.04. The molecule has 2 N–H and O–H groups in total. The molecule has 3 aromatic rings. The Morgan fingerprint density at radius 3 is 2.73 bits per heavy atom. The minimum Gasteiger partial charge on any atom is -0.456 e. The SMILES string of the molecule is CCCC(CNC(=O)COC(=O)CCc1nc2ccccc2c(=O)[nH]1)c1ccc(Cl)cc1Cl. The van der Waals surface area contributed by atoms with Gasteiger partial charge in [0.1, 0.15) is 5.82 Å². The molecule has 1 heterocycles. The number of hydrogen-bond acceptors (Lipinski definition) is 5. The summed E-state index contributed by atoms with van der Waals surface area (Å²) in [5, 5.41) is 4.40. The summed E-state index contributed by atoms with van der Waals surface area (Å²) in [6.07, 6.45) is 1.94. The van der Waals surface area contributed by atoms with E-state index in [9.17, 15) is 14.4 Å². The quantitative estimate of drug-likeness (QED) is 0.410. The number of carbonyl (C=O) groups excluding carboxylic acids is 2. The second kappa shape index (κ2) is 11.8. The molecular formula is C24H25Cl2N3O4. The molecule has 0 aliphatic rings. The fraction of sp³-hybridized carbons (Fsp3) is 0.333. The smallest absolute Gasteiger partial charge is 0.306 e. The predicted molar refractivity (Wildman–Crippen MR) is 129 cm³/mol. The van der Waals surface area contributed by atoms with Crippen molar-refractivity contribution in [1.29, 1.82) is 0 Å². The summed E-state index contributed by atoms with van der Waals surface area (Å²) in [5.41, 5.74) is 1.22. The fourth-order valence-electron chi connectivity index (χ4n) is 3.53. The number of nitrogens with zero attached hydrogens (tertiary/aromatic N) is 1. The van der Waals surface area contributed by atoms with Crippen LogP contribution in [0.4, 0.5) is 0 Å². The number of hydrogen-bond donors (Lipinski definition) is 2. The van der Waals surface area contributed by atoms with Gasteiger partial charge in [0.15, 0.2) is 6.61 Å². The highest BCUT2D eigenvalue weighted by atomic mass is 35.5. The Labute approximate surface area is 201 Å². The Kier molecular flexibility index (Phi) is 8.86. The second-order valence-electron chi connectivity index (χ2n) is 7.65. The number of benzene rings is 2. The molecule has 1 unspecified atom stereocenters. The van der Waals surface area contributed by atoms with Gasteiger partial charge >= 0.3 is 5.97 Å². The monoisotopic (exact) mass is 489 g/mol. The van der Waals surface area contributed by atoms with E-state index >= 15 is 0 Å². The van der Waals surface area contributed by atoms with Crippen molar-refractivity contribution >= 4 is 46.0 Å². The molecule has 1 aromatic heterocycles. The molecule has 0 radical (unpaired) electrons. The number of halogens is 2. The first kappa shape index (κ1) is 24.7. The number of carbonyl (C=O) groups is 2. The van der Waals surface area contributed by atoms with E-state index in [-0.39, 0.29) is 30.9 Å². The van der Waals surface area contributed by atoms with Gasteiger partial charge in [0.25, 0.3) is 11.5 Å². The normalized spacial score (nSPS) is 11.8. The number of fused-ring (bicyclic) bond motifs is 1. The molecule has 9 heteroatoms. The van der Waals surface area contributed by atoms with Gasteiger partial charge in [0, 0.05) is 28.9 Å². The minimum atomic E-state index is -0.549. The number of aryl methyl sites for hydroxylation is 1. The summed E-state index contributed by atoms with van der Waals surface area (Å²) >= 11 is 12.3. The van der Waals surface area contributed by atoms with E-state index in [4.69, 9.17) is 27.9 Å². The summed E-state index contributed by atoms with van der Waals surface area (Å²) in [5.74, 6) is -0.531. The van der Waals surface area contributed by atoms with Gasteiger partial charge in [0.2, 0.25) is 0 Å². The molecule has 0 saturated heterocycles. The van der Waals surface area contributed by atoms with Crippen LogP contribution in [0.2, 0.25) is 10.0 Å². The third-order valence-electron chi connectivity index (χ3n) is 5.18. The van der Waals surface area contributed by atoms with Gasteiger partial charge in [0.05, 0.1) is 17.3 Å². The predicted octanol–water partition coefficient (Wildman–Crippen LogP) is 4.41. The maximum atomic E-state index is 12.2. The van der Waals surface area contributed by atoms with Crippen molar-refractivity contribution in [2.24, 2.45) is 0 Å². The lowest BCUT2D eigenvalue weighted by atomic mass is 9.94. The molecule has 0 aliphatic carbocycles. The van der Waals surface area contributed by atoms with E-state index in [0.717, 1.165) is 18.4 Å². The lowest BCUT2D eigenvalue weighted by Gasteiger charge is -2.19. The second-order valence-corrected chi connectivity index (χ2v) is 8.49. The van der Waals surface area contributed by atoms with Crippen molar-refractivity contribution in [3.8, 4) is 0 Å². The Hall–Kier alpha value is -2.90. The van der Waals surface area contributed by atoms with Crippen molar-refractivity contribution in [1.82, 2.24) is 15.3 Å². The number of aromatic nitrogens is 2. The fourth-order valence-corrected chi connectivity index (χ4v) is 4.09. The summed E-state index contributed by atoms with van der Waals surface area (Å²) in [6.45, 7) is 2.04. The van der Waals surface area contributed by atoms with E-state index in [0.29, 0.717) is 33.3 Å². The first-order chi connectivity index (χ1) is 15.9. The molecule has 0 fully saturated rings. The number of ether oxygens (including phenoxy) is 1. The first-order valence-corrected chi connectivity index (χ1v) is 11.5. The molecule has 1 amide bonds. The largest absolute Gasteiger partial charge is 0.456 e. The van der Waals surface area contributed by atoms with Crippen LogP contribution < -0.4 is 10.9 Å². The van der Waals surface area contributed by atoms with Crippen LogP contribution in [0.3, 0.4) is 0 Å². The summed E-state index contributed by atoms with van der Waals surface area (Å²) < 4.78 is 5.07. The number of H-pyrrole nitrogens is 1. The highest BCUT2D eigenvalue weighted by Crippen LogP contribution is 2.30. The van der Waals surface area contributed by atoms with Crippen molar-refractivity contribution in [3.05, 3.63) is 74.3 Å². The van der Waals surface area contributed by atoms with Gasteiger partial charge in [-0.3, -0.25) is 14.4 Å². The minimum absolute atomic E-state index is 0.00655. The number of esters is 1. The van der Waals surface area contributed by atoms with Crippen LogP contribution in [0.5, 0.6) is 0 Å². The van der Waals surface area contributed by atoms with Crippen LogP contribution >= 0.6 is 23.2 Å². The molecule has 7 nitrogen and oxygen atoms in total.